The Hall–Kier alpha value is -3.47. The molecule has 0 bridgehead atoms. The van der Waals surface area contributed by atoms with E-state index in [9.17, 15) is 23.1 Å². The first-order valence-corrected chi connectivity index (χ1v) is 12.2. The number of alkyl halides is 3. The first-order chi connectivity index (χ1) is 17.6. The van der Waals surface area contributed by atoms with Crippen LogP contribution < -0.4 is 10.1 Å². The van der Waals surface area contributed by atoms with Crippen molar-refractivity contribution in [2.24, 2.45) is 5.41 Å². The van der Waals surface area contributed by atoms with Crippen molar-refractivity contribution in [3.8, 4) is 34.7 Å². The summed E-state index contributed by atoms with van der Waals surface area (Å²) in [5, 5.41) is 12.8. The molecule has 0 spiro atoms. The second-order valence-corrected chi connectivity index (χ2v) is 9.15. The van der Waals surface area contributed by atoms with Crippen LogP contribution in [-0.4, -0.2) is 43.7 Å². The first kappa shape index (κ1) is 26.6. The Morgan fingerprint density at radius 3 is 2.49 bits per heavy atom. The maximum Gasteiger partial charge on any atom is 0.403 e. The summed E-state index contributed by atoms with van der Waals surface area (Å²) in [6.07, 6.45) is -2.20. The van der Waals surface area contributed by atoms with E-state index in [-0.39, 0.29) is 36.1 Å². The number of hydrogen-bond donors (Lipinski definition) is 2. The maximum absolute atomic E-state index is 13.9. The Balaban J connectivity index is 1.57. The molecule has 0 aliphatic heterocycles. The molecule has 3 aromatic rings. The molecule has 1 aliphatic rings. The van der Waals surface area contributed by atoms with Gasteiger partial charge in [0.2, 0.25) is 11.8 Å². The first-order valence-electron chi connectivity index (χ1n) is 11.8. The lowest BCUT2D eigenvalue weighted by atomic mass is 9.72. The summed E-state index contributed by atoms with van der Waals surface area (Å²) in [6.45, 7) is 2.14. The Kier molecular flexibility index (Phi) is 7.82. The summed E-state index contributed by atoms with van der Waals surface area (Å²) in [5.74, 6) is -0.423. The van der Waals surface area contributed by atoms with Crippen LogP contribution >= 0.6 is 11.6 Å². The second-order valence-electron chi connectivity index (χ2n) is 8.74. The Morgan fingerprint density at radius 2 is 1.84 bits per heavy atom. The van der Waals surface area contributed by atoms with Crippen LogP contribution in [0.2, 0.25) is 5.02 Å². The summed E-state index contributed by atoms with van der Waals surface area (Å²) in [4.78, 5) is 29.2. The van der Waals surface area contributed by atoms with Crippen molar-refractivity contribution < 1.29 is 27.8 Å². The Bertz CT molecular complexity index is 1270. The number of nitrogens with zero attached hydrogens (tertiary/aromatic N) is 4. The third-order valence-corrected chi connectivity index (χ3v) is 6.65. The molecule has 0 saturated heterocycles. The zero-order valence-corrected chi connectivity index (χ0v) is 20.7. The van der Waals surface area contributed by atoms with Gasteiger partial charge in [0.25, 0.3) is 0 Å². The summed E-state index contributed by atoms with van der Waals surface area (Å²) in [5.41, 5.74) is -1.08. The predicted octanol–water partition coefficient (Wildman–Crippen LogP) is 5.49. The smallest absolute Gasteiger partial charge is 0.403 e. The van der Waals surface area contributed by atoms with E-state index in [1.165, 1.54) is 12.3 Å². The number of pyridine rings is 1. The van der Waals surface area contributed by atoms with Crippen molar-refractivity contribution in [3.63, 3.8) is 0 Å². The monoisotopic (exact) mass is 535 g/mol. The van der Waals surface area contributed by atoms with Crippen LogP contribution in [0.4, 0.5) is 13.2 Å². The highest BCUT2D eigenvalue weighted by atomic mass is 35.5. The van der Waals surface area contributed by atoms with Gasteiger partial charge in [-0.1, -0.05) is 36.9 Å². The van der Waals surface area contributed by atoms with Crippen molar-refractivity contribution in [1.29, 1.82) is 0 Å². The molecule has 196 valence electrons. The van der Waals surface area contributed by atoms with Crippen molar-refractivity contribution in [2.45, 2.75) is 51.7 Å². The largest absolute Gasteiger partial charge is 0.479 e. The number of halogens is 4. The lowest BCUT2D eigenvalue weighted by Crippen LogP contribution is -2.51. The van der Waals surface area contributed by atoms with Gasteiger partial charge in [-0.2, -0.15) is 23.1 Å². The molecular formula is C25H25ClF3N5O3. The number of aromatic nitrogens is 4. The summed E-state index contributed by atoms with van der Waals surface area (Å²) in [6, 6.07) is 7.43. The number of benzene rings is 1. The number of nitrogens with one attached hydrogen (secondary N) is 1. The average molecular weight is 536 g/mol. The maximum atomic E-state index is 13.9. The van der Waals surface area contributed by atoms with Crippen LogP contribution in [0, 0.1) is 5.41 Å². The third-order valence-electron chi connectivity index (χ3n) is 6.32. The van der Waals surface area contributed by atoms with Gasteiger partial charge >= 0.3 is 12.2 Å². The van der Waals surface area contributed by atoms with E-state index in [0.717, 1.165) is 0 Å². The SMILES string of the molecule is CCOc1ccc(-c2nc(O)nc(-c3cc(CNC(=O)C4(C(F)(F)F)CCCCC4)ccc3Cl)n2)cn1. The third kappa shape index (κ3) is 5.76. The van der Waals surface area contributed by atoms with Gasteiger partial charge in [0, 0.05) is 29.9 Å². The Labute approximate surface area is 216 Å². The fraction of sp³-hybridized carbons (Fsp3) is 0.400. The van der Waals surface area contributed by atoms with E-state index in [2.05, 4.69) is 25.3 Å². The molecule has 1 aliphatic carbocycles. The molecule has 1 amide bonds. The van der Waals surface area contributed by atoms with Crippen LogP contribution in [0.3, 0.4) is 0 Å². The molecule has 0 unspecified atom stereocenters. The van der Waals surface area contributed by atoms with Crippen molar-refractivity contribution in [3.05, 3.63) is 47.1 Å². The quantitative estimate of drug-likeness (QED) is 0.412. The van der Waals surface area contributed by atoms with E-state index in [4.69, 9.17) is 16.3 Å². The lowest BCUT2D eigenvalue weighted by Gasteiger charge is -2.37. The molecule has 4 rings (SSSR count). The molecule has 2 aromatic heterocycles. The molecular weight excluding hydrogens is 511 g/mol. The van der Waals surface area contributed by atoms with Crippen molar-refractivity contribution in [2.75, 3.05) is 6.61 Å². The molecule has 1 aromatic carbocycles. The molecule has 1 fully saturated rings. The normalized spacial score (nSPS) is 15.3. The number of aromatic hydroxyl groups is 1. The minimum atomic E-state index is -4.63. The van der Waals surface area contributed by atoms with Gasteiger partial charge in [-0.05, 0) is 43.5 Å². The van der Waals surface area contributed by atoms with Crippen LogP contribution in [0.1, 0.15) is 44.6 Å². The van der Waals surface area contributed by atoms with E-state index < -0.39 is 23.5 Å². The zero-order chi connectivity index (χ0) is 26.6. The number of carbonyl (C=O) groups excluding carboxylic acids is 1. The molecule has 2 N–H and O–H groups in total. The summed E-state index contributed by atoms with van der Waals surface area (Å²) >= 11 is 6.36. The van der Waals surface area contributed by atoms with Gasteiger partial charge in [0.1, 0.15) is 5.41 Å². The summed E-state index contributed by atoms with van der Waals surface area (Å²) < 4.78 is 46.9. The molecule has 12 heteroatoms. The molecule has 8 nitrogen and oxygen atoms in total. The number of hydrogen-bond acceptors (Lipinski definition) is 7. The fourth-order valence-electron chi connectivity index (χ4n) is 4.36. The van der Waals surface area contributed by atoms with E-state index in [1.807, 2.05) is 6.92 Å². The van der Waals surface area contributed by atoms with E-state index in [1.54, 1.807) is 24.3 Å². The van der Waals surface area contributed by atoms with Gasteiger partial charge in [-0.25, -0.2) is 9.97 Å². The van der Waals surface area contributed by atoms with Crippen LogP contribution in [0.15, 0.2) is 36.5 Å². The average Bonchev–Trinajstić information content (AvgIpc) is 2.88. The lowest BCUT2D eigenvalue weighted by molar-refractivity contribution is -0.230. The highest BCUT2D eigenvalue weighted by Crippen LogP contribution is 2.49. The minimum Gasteiger partial charge on any atom is -0.479 e. The second kappa shape index (κ2) is 10.9. The highest BCUT2D eigenvalue weighted by molar-refractivity contribution is 6.33. The molecule has 1 saturated carbocycles. The fourth-order valence-corrected chi connectivity index (χ4v) is 4.56. The number of amides is 1. The highest BCUT2D eigenvalue weighted by Gasteiger charge is 2.59. The van der Waals surface area contributed by atoms with Gasteiger partial charge < -0.3 is 15.2 Å². The van der Waals surface area contributed by atoms with Crippen LogP contribution in [0.25, 0.3) is 22.8 Å². The zero-order valence-electron chi connectivity index (χ0n) is 20.0. The van der Waals surface area contributed by atoms with Gasteiger partial charge in [0.05, 0.1) is 11.6 Å². The number of ether oxygens (including phenoxy) is 1. The van der Waals surface area contributed by atoms with Crippen molar-refractivity contribution >= 4 is 17.5 Å². The predicted molar refractivity (Wildman–Crippen MR) is 130 cm³/mol. The minimum absolute atomic E-state index is 0.0496. The molecule has 0 radical (unpaired) electrons. The topological polar surface area (TPSA) is 110 Å². The van der Waals surface area contributed by atoms with Gasteiger partial charge in [-0.3, -0.25) is 4.79 Å². The van der Waals surface area contributed by atoms with Crippen LogP contribution in [-0.2, 0) is 11.3 Å². The molecule has 37 heavy (non-hydrogen) atoms. The number of rotatable bonds is 7. The van der Waals surface area contributed by atoms with E-state index in [0.29, 0.717) is 48.4 Å². The molecule has 2 heterocycles. The summed E-state index contributed by atoms with van der Waals surface area (Å²) in [7, 11) is 0. The van der Waals surface area contributed by atoms with Crippen molar-refractivity contribution in [1.82, 2.24) is 25.3 Å². The Morgan fingerprint density at radius 1 is 1.11 bits per heavy atom. The van der Waals surface area contributed by atoms with Gasteiger partial charge in [-0.15, -0.1) is 0 Å². The standard InChI is InChI=1S/C25H25ClF3N5O3/c1-2-37-19-9-7-16(14-30-19)20-32-21(34-23(36)33-20)17-12-15(6-8-18(17)26)13-31-22(35)24(25(27,28)29)10-4-3-5-11-24/h6-9,12,14H,2-5,10-11,13H2,1H3,(H,31,35)(H,32,33,34,36). The van der Waals surface area contributed by atoms with E-state index >= 15 is 0 Å². The number of carbonyl (C=O) groups is 1. The molecule has 0 atom stereocenters. The van der Waals surface area contributed by atoms with Gasteiger partial charge in [0.15, 0.2) is 11.6 Å². The van der Waals surface area contributed by atoms with Crippen LogP contribution in [0.5, 0.6) is 11.9 Å².